The fourth-order valence-corrected chi connectivity index (χ4v) is 3.17. The van der Waals surface area contributed by atoms with E-state index in [1.165, 1.54) is 50.3 Å². The number of hydrogen-bond donors (Lipinski definition) is 0. The van der Waals surface area contributed by atoms with Crippen LogP contribution in [-0.2, 0) is 6.42 Å². The van der Waals surface area contributed by atoms with Gasteiger partial charge in [0.1, 0.15) is 0 Å². The zero-order valence-corrected chi connectivity index (χ0v) is 18.1. The molecule has 31 heavy (non-hydrogen) atoms. The van der Waals surface area contributed by atoms with Crippen LogP contribution in [-0.4, -0.2) is 0 Å². The van der Waals surface area contributed by atoms with Crippen LogP contribution < -0.4 is 0 Å². The van der Waals surface area contributed by atoms with Gasteiger partial charge in [0.25, 0.3) is 0 Å². The summed E-state index contributed by atoms with van der Waals surface area (Å²) in [4.78, 5) is 0. The molecule has 0 aliphatic rings. The molecule has 0 aliphatic heterocycles. The first-order chi connectivity index (χ1) is 15.1. The van der Waals surface area contributed by atoms with Gasteiger partial charge in [-0.25, -0.2) is 8.78 Å². The standard InChI is InChI=1S/C29H26F2/c1-3-4-5-6-7-23-9-11-24(12-10-23)13-14-25-15-17-26(18-16-25)19-21-27-20-8-22(2)28(30)29(27)31/h8-12,15-18,20H,3-7H2,1-2H3. The van der Waals surface area contributed by atoms with E-state index in [0.29, 0.717) is 0 Å². The second-order valence-electron chi connectivity index (χ2n) is 7.64. The minimum atomic E-state index is -0.901. The molecule has 3 rings (SSSR count). The number of unbranched alkanes of at least 4 members (excludes halogenated alkanes) is 3. The van der Waals surface area contributed by atoms with Crippen molar-refractivity contribution in [1.29, 1.82) is 0 Å². The van der Waals surface area contributed by atoms with E-state index in [0.717, 1.165) is 23.1 Å². The summed E-state index contributed by atoms with van der Waals surface area (Å²) in [7, 11) is 0. The molecule has 3 aromatic rings. The van der Waals surface area contributed by atoms with Crippen LogP contribution in [0.3, 0.4) is 0 Å². The summed E-state index contributed by atoms with van der Waals surface area (Å²) in [6.45, 7) is 3.75. The third-order valence-electron chi connectivity index (χ3n) is 5.13. The number of benzene rings is 3. The van der Waals surface area contributed by atoms with Crippen LogP contribution in [0.25, 0.3) is 0 Å². The highest BCUT2D eigenvalue weighted by Crippen LogP contribution is 2.15. The Hall–Kier alpha value is -3.36. The maximum Gasteiger partial charge on any atom is 0.174 e. The normalized spacial score (nSPS) is 10.1. The van der Waals surface area contributed by atoms with Gasteiger partial charge >= 0.3 is 0 Å². The highest BCUT2D eigenvalue weighted by Gasteiger charge is 2.08. The molecule has 0 aromatic heterocycles. The molecule has 0 unspecified atom stereocenters. The molecule has 0 bridgehead atoms. The predicted octanol–water partition coefficient (Wildman–Crippen LogP) is 7.20. The Morgan fingerprint density at radius 3 is 1.74 bits per heavy atom. The lowest BCUT2D eigenvalue weighted by Crippen LogP contribution is -1.92. The van der Waals surface area contributed by atoms with Crippen molar-refractivity contribution >= 4 is 0 Å². The van der Waals surface area contributed by atoms with Gasteiger partial charge in [0.2, 0.25) is 0 Å². The lowest BCUT2D eigenvalue weighted by atomic mass is 10.0. The van der Waals surface area contributed by atoms with Crippen molar-refractivity contribution in [2.45, 2.75) is 46.0 Å². The van der Waals surface area contributed by atoms with Crippen LogP contribution in [0.2, 0.25) is 0 Å². The van der Waals surface area contributed by atoms with Crippen LogP contribution in [0.1, 0.15) is 66.0 Å². The maximum atomic E-state index is 13.9. The highest BCUT2D eigenvalue weighted by molar-refractivity contribution is 5.48. The molecule has 0 atom stereocenters. The number of hydrogen-bond acceptors (Lipinski definition) is 0. The van der Waals surface area contributed by atoms with Crippen molar-refractivity contribution in [3.63, 3.8) is 0 Å². The van der Waals surface area contributed by atoms with Gasteiger partial charge in [-0.1, -0.05) is 68.1 Å². The molecule has 0 fully saturated rings. The minimum Gasteiger partial charge on any atom is -0.203 e. The second kappa shape index (κ2) is 11.1. The van der Waals surface area contributed by atoms with E-state index >= 15 is 0 Å². The van der Waals surface area contributed by atoms with Gasteiger partial charge in [-0.05, 0) is 73.4 Å². The molecule has 156 valence electrons. The molecule has 0 nitrogen and oxygen atoms in total. The zero-order valence-electron chi connectivity index (χ0n) is 18.1. The average Bonchev–Trinajstić information content (AvgIpc) is 2.80. The fourth-order valence-electron chi connectivity index (χ4n) is 3.17. The van der Waals surface area contributed by atoms with E-state index < -0.39 is 11.6 Å². The van der Waals surface area contributed by atoms with Crippen molar-refractivity contribution in [1.82, 2.24) is 0 Å². The van der Waals surface area contributed by atoms with E-state index in [9.17, 15) is 8.78 Å². The van der Waals surface area contributed by atoms with Crippen molar-refractivity contribution in [3.05, 3.63) is 106 Å². The van der Waals surface area contributed by atoms with Crippen LogP contribution in [0, 0.1) is 42.2 Å². The number of halogens is 2. The van der Waals surface area contributed by atoms with Crippen LogP contribution >= 0.6 is 0 Å². The molecular weight excluding hydrogens is 386 g/mol. The predicted molar refractivity (Wildman–Crippen MR) is 124 cm³/mol. The van der Waals surface area contributed by atoms with Gasteiger partial charge in [0.15, 0.2) is 11.6 Å². The van der Waals surface area contributed by atoms with Crippen molar-refractivity contribution in [3.8, 4) is 23.7 Å². The first kappa shape index (κ1) is 22.3. The minimum absolute atomic E-state index is 0.0563. The second-order valence-corrected chi connectivity index (χ2v) is 7.64. The first-order valence-corrected chi connectivity index (χ1v) is 10.7. The van der Waals surface area contributed by atoms with Gasteiger partial charge in [0.05, 0.1) is 5.56 Å². The third-order valence-corrected chi connectivity index (χ3v) is 5.13. The van der Waals surface area contributed by atoms with Gasteiger partial charge < -0.3 is 0 Å². The van der Waals surface area contributed by atoms with E-state index in [1.807, 2.05) is 24.3 Å². The Bertz CT molecular complexity index is 1130. The Morgan fingerprint density at radius 1 is 0.613 bits per heavy atom. The number of rotatable bonds is 5. The summed E-state index contributed by atoms with van der Waals surface area (Å²) < 4.78 is 27.6. The molecule has 0 saturated heterocycles. The van der Waals surface area contributed by atoms with Crippen LogP contribution in [0.15, 0.2) is 60.7 Å². The molecule has 2 heteroatoms. The SMILES string of the molecule is CCCCCCc1ccc(C#Cc2ccc(C#Cc3ccc(C)c(F)c3F)cc2)cc1. The maximum absolute atomic E-state index is 13.9. The summed E-state index contributed by atoms with van der Waals surface area (Å²) in [6.07, 6.45) is 6.20. The molecule has 0 heterocycles. The molecule has 0 saturated carbocycles. The first-order valence-electron chi connectivity index (χ1n) is 10.7. The van der Waals surface area contributed by atoms with Gasteiger partial charge in [-0.3, -0.25) is 0 Å². The van der Waals surface area contributed by atoms with Crippen LogP contribution in [0.5, 0.6) is 0 Å². The van der Waals surface area contributed by atoms with Gasteiger partial charge in [-0.15, -0.1) is 0 Å². The Kier molecular flexibility index (Phi) is 8.03. The molecular formula is C29H26F2. The molecule has 0 N–H and O–H groups in total. The molecule has 0 aliphatic carbocycles. The van der Waals surface area contributed by atoms with Crippen molar-refractivity contribution in [2.24, 2.45) is 0 Å². The van der Waals surface area contributed by atoms with Crippen molar-refractivity contribution in [2.75, 3.05) is 0 Å². The summed E-state index contributed by atoms with van der Waals surface area (Å²) in [5.74, 6) is 10.2. The summed E-state index contributed by atoms with van der Waals surface area (Å²) in [5.41, 5.74) is 4.26. The van der Waals surface area contributed by atoms with E-state index in [1.54, 1.807) is 0 Å². The molecule has 3 aromatic carbocycles. The Labute approximate surface area is 184 Å². The van der Waals surface area contributed by atoms with Crippen LogP contribution in [0.4, 0.5) is 8.78 Å². The zero-order chi connectivity index (χ0) is 22.1. The smallest absolute Gasteiger partial charge is 0.174 e. The van der Waals surface area contributed by atoms with Gasteiger partial charge in [0, 0.05) is 16.7 Å². The molecule has 0 amide bonds. The van der Waals surface area contributed by atoms with E-state index in [4.69, 9.17) is 0 Å². The summed E-state index contributed by atoms with van der Waals surface area (Å²) in [5, 5.41) is 0. The Balaban J connectivity index is 1.62. The molecule has 0 radical (unpaired) electrons. The quantitative estimate of drug-likeness (QED) is 0.307. The summed E-state index contributed by atoms with van der Waals surface area (Å²) >= 11 is 0. The lowest BCUT2D eigenvalue weighted by molar-refractivity contribution is 0.501. The largest absolute Gasteiger partial charge is 0.203 e. The third kappa shape index (κ3) is 6.56. The topological polar surface area (TPSA) is 0 Å². The summed E-state index contributed by atoms with van der Waals surface area (Å²) in [6, 6.07) is 18.9. The van der Waals surface area contributed by atoms with Crippen molar-refractivity contribution < 1.29 is 8.78 Å². The number of aryl methyl sites for hydroxylation is 2. The monoisotopic (exact) mass is 412 g/mol. The lowest BCUT2D eigenvalue weighted by Gasteiger charge is -2.01. The average molecular weight is 413 g/mol. The van der Waals surface area contributed by atoms with E-state index in [-0.39, 0.29) is 11.1 Å². The van der Waals surface area contributed by atoms with Gasteiger partial charge in [-0.2, -0.15) is 0 Å². The fraction of sp³-hybridized carbons (Fsp3) is 0.241. The molecule has 0 spiro atoms. The van der Waals surface area contributed by atoms with E-state index in [2.05, 4.69) is 54.9 Å². The highest BCUT2D eigenvalue weighted by atomic mass is 19.2. The Morgan fingerprint density at radius 2 is 1.16 bits per heavy atom.